The summed E-state index contributed by atoms with van der Waals surface area (Å²) in [5.41, 5.74) is 8.50. The SMILES string of the molecule is CCCCCCCCCCCCCCCC/C=C/C(=N\c1cc(C)cc(C)c1)C(/C#CCCCCCCCCCCCCCCCCCCCCCCCCCCC)=N/c1cc(C)cc(C)c1.[Pd]. The molecular weight excluding hydrogens is 915 g/mol. The summed E-state index contributed by atoms with van der Waals surface area (Å²) in [5.74, 6) is 7.10. The molecule has 0 aliphatic rings. The average molecular weight is 1020 g/mol. The molecular formula is C65H108N2Pd. The van der Waals surface area contributed by atoms with E-state index in [1.54, 1.807) is 0 Å². The van der Waals surface area contributed by atoms with E-state index in [9.17, 15) is 0 Å². The number of aryl methyl sites for hydroxylation is 4. The zero-order valence-electron chi connectivity index (χ0n) is 45.8. The van der Waals surface area contributed by atoms with Crippen LogP contribution in [-0.2, 0) is 20.4 Å². The van der Waals surface area contributed by atoms with Gasteiger partial charge in [0.1, 0.15) is 5.71 Å². The summed E-state index contributed by atoms with van der Waals surface area (Å²) in [7, 11) is 0. The molecule has 0 aliphatic heterocycles. The Kier molecular flexibility index (Phi) is 44.2. The van der Waals surface area contributed by atoms with Crippen LogP contribution in [-0.4, -0.2) is 11.4 Å². The van der Waals surface area contributed by atoms with Crippen molar-refractivity contribution < 1.29 is 20.4 Å². The van der Waals surface area contributed by atoms with Gasteiger partial charge in [0.15, 0.2) is 0 Å². The standard InChI is InChI=1S/C65H108N2.Pd/c1-7-9-11-13-15-17-19-21-23-25-26-27-28-29-30-31-32-33-34-35-37-39-41-43-45-47-49-51-65(67-63-56-60(5)53-61(6)57-63)64(66-62-54-58(3)52-59(4)55-62)50-48-46-44-42-40-38-36-24-22-20-18-16-14-12-10-8-2;/h48,50,52-57H,7-47H2,1-6H3;/b50-48+,66-64+,67-65+;. The van der Waals surface area contributed by atoms with Crippen LogP contribution < -0.4 is 0 Å². The van der Waals surface area contributed by atoms with Gasteiger partial charge in [-0.05, 0) is 105 Å². The van der Waals surface area contributed by atoms with E-state index in [-0.39, 0.29) is 20.4 Å². The molecule has 388 valence electrons. The summed E-state index contributed by atoms with van der Waals surface area (Å²) < 4.78 is 0. The minimum Gasteiger partial charge on any atom is -0.246 e. The number of hydrogen-bond donors (Lipinski definition) is 0. The van der Waals surface area contributed by atoms with Crippen molar-refractivity contribution in [2.75, 3.05) is 0 Å². The fourth-order valence-electron chi connectivity index (χ4n) is 9.77. The molecule has 0 aliphatic carbocycles. The number of hydrogen-bond acceptors (Lipinski definition) is 2. The number of nitrogens with zero attached hydrogens (tertiary/aromatic N) is 2. The first-order valence-corrected chi connectivity index (χ1v) is 29.4. The molecule has 0 bridgehead atoms. The van der Waals surface area contributed by atoms with E-state index in [2.05, 4.69) is 102 Å². The van der Waals surface area contributed by atoms with Gasteiger partial charge in [-0.2, -0.15) is 0 Å². The molecule has 0 radical (unpaired) electrons. The van der Waals surface area contributed by atoms with E-state index < -0.39 is 0 Å². The van der Waals surface area contributed by atoms with Crippen LogP contribution >= 0.6 is 0 Å². The van der Waals surface area contributed by atoms with Crippen LogP contribution in [0.1, 0.15) is 299 Å². The minimum atomic E-state index is 0. The second-order valence-corrected chi connectivity index (χ2v) is 21.0. The largest absolute Gasteiger partial charge is 0.246 e. The average Bonchev–Trinajstić information content (AvgIpc) is 3.29. The summed E-state index contributed by atoms with van der Waals surface area (Å²) in [5, 5.41) is 0. The van der Waals surface area contributed by atoms with Crippen LogP contribution in [0.5, 0.6) is 0 Å². The van der Waals surface area contributed by atoms with Gasteiger partial charge in [0, 0.05) is 26.8 Å². The van der Waals surface area contributed by atoms with E-state index in [0.29, 0.717) is 0 Å². The van der Waals surface area contributed by atoms with Crippen molar-refractivity contribution in [2.24, 2.45) is 9.98 Å². The van der Waals surface area contributed by atoms with Crippen molar-refractivity contribution in [1.82, 2.24) is 0 Å². The summed E-state index contributed by atoms with van der Waals surface area (Å²) >= 11 is 0. The third-order valence-electron chi connectivity index (χ3n) is 13.8. The van der Waals surface area contributed by atoms with Crippen LogP contribution in [0.2, 0.25) is 0 Å². The van der Waals surface area contributed by atoms with Crippen molar-refractivity contribution in [2.45, 2.75) is 305 Å². The Balaban J connectivity index is 0.0000231. The van der Waals surface area contributed by atoms with Crippen LogP contribution in [0.4, 0.5) is 11.4 Å². The Morgan fingerprint density at radius 1 is 0.368 bits per heavy atom. The van der Waals surface area contributed by atoms with E-state index in [1.165, 1.54) is 266 Å². The summed E-state index contributed by atoms with van der Waals surface area (Å²) in [6.45, 7) is 13.2. The molecule has 3 heteroatoms. The molecule has 0 saturated carbocycles. The first-order valence-electron chi connectivity index (χ1n) is 29.4. The van der Waals surface area contributed by atoms with Crippen molar-refractivity contribution >= 4 is 22.8 Å². The van der Waals surface area contributed by atoms with Crippen molar-refractivity contribution in [3.05, 3.63) is 70.8 Å². The Morgan fingerprint density at radius 2 is 0.647 bits per heavy atom. The maximum atomic E-state index is 5.24. The van der Waals surface area contributed by atoms with Gasteiger partial charge in [-0.1, -0.05) is 276 Å². The van der Waals surface area contributed by atoms with E-state index in [4.69, 9.17) is 9.98 Å². The predicted octanol–water partition coefficient (Wildman–Crippen LogP) is 22.4. The van der Waals surface area contributed by atoms with Gasteiger partial charge in [-0.15, -0.1) is 0 Å². The van der Waals surface area contributed by atoms with Gasteiger partial charge in [-0.3, -0.25) is 0 Å². The minimum absolute atomic E-state index is 0. The van der Waals surface area contributed by atoms with Crippen LogP contribution in [0.25, 0.3) is 0 Å². The molecule has 0 N–H and O–H groups in total. The fraction of sp³-hybridized carbons (Fsp3) is 0.723. The monoisotopic (exact) mass is 1020 g/mol. The Labute approximate surface area is 438 Å². The second-order valence-electron chi connectivity index (χ2n) is 21.0. The van der Waals surface area contributed by atoms with Gasteiger partial charge in [-0.25, -0.2) is 9.98 Å². The predicted molar refractivity (Wildman–Crippen MR) is 304 cm³/mol. The summed E-state index contributed by atoms with van der Waals surface area (Å²) in [6, 6.07) is 13.1. The van der Waals surface area contributed by atoms with Gasteiger partial charge in [0.25, 0.3) is 0 Å². The number of aliphatic imine (C=N–C) groups is 2. The molecule has 2 aromatic carbocycles. The molecule has 0 unspecified atom stereocenters. The van der Waals surface area contributed by atoms with Gasteiger partial charge in [0.2, 0.25) is 0 Å². The number of rotatable bonds is 44. The van der Waals surface area contributed by atoms with Crippen molar-refractivity contribution in [1.29, 1.82) is 0 Å². The molecule has 0 heterocycles. The number of benzene rings is 2. The molecule has 0 saturated heterocycles. The second kappa shape index (κ2) is 47.1. The third kappa shape index (κ3) is 38.5. The van der Waals surface area contributed by atoms with Gasteiger partial charge >= 0.3 is 0 Å². The normalized spacial score (nSPS) is 11.9. The summed E-state index contributed by atoms with van der Waals surface area (Å²) in [6.07, 6.45) is 61.4. The van der Waals surface area contributed by atoms with E-state index in [0.717, 1.165) is 42.1 Å². The first-order chi connectivity index (χ1) is 32.9. The van der Waals surface area contributed by atoms with Gasteiger partial charge < -0.3 is 0 Å². The maximum absolute atomic E-state index is 5.24. The third-order valence-corrected chi connectivity index (χ3v) is 13.8. The van der Waals surface area contributed by atoms with Crippen LogP contribution in [0.15, 0.2) is 58.5 Å². The Morgan fingerprint density at radius 3 is 0.971 bits per heavy atom. The van der Waals surface area contributed by atoms with Crippen LogP contribution in [0.3, 0.4) is 0 Å². The molecule has 0 fully saturated rings. The smallest absolute Gasteiger partial charge is 0.139 e. The van der Waals surface area contributed by atoms with Crippen molar-refractivity contribution in [3.63, 3.8) is 0 Å². The fourth-order valence-corrected chi connectivity index (χ4v) is 9.77. The number of allylic oxidation sites excluding steroid dienone is 2. The molecule has 2 rings (SSSR count). The first kappa shape index (κ1) is 63.8. The molecule has 2 aromatic rings. The van der Waals surface area contributed by atoms with Gasteiger partial charge in [0.05, 0.1) is 17.1 Å². The quantitative estimate of drug-likeness (QED) is 0.0274. The topological polar surface area (TPSA) is 24.7 Å². The zero-order valence-corrected chi connectivity index (χ0v) is 47.4. The van der Waals surface area contributed by atoms with E-state index >= 15 is 0 Å². The maximum Gasteiger partial charge on any atom is 0.139 e. The molecule has 0 amide bonds. The molecule has 68 heavy (non-hydrogen) atoms. The molecule has 0 spiro atoms. The molecule has 0 aromatic heterocycles. The Hall–Kier alpha value is -2.26. The Bertz CT molecular complexity index is 1580. The van der Waals surface area contributed by atoms with Crippen molar-refractivity contribution in [3.8, 4) is 11.8 Å². The number of unbranched alkanes of at least 4 members (excludes halogenated alkanes) is 39. The zero-order chi connectivity index (χ0) is 48.1. The summed E-state index contributed by atoms with van der Waals surface area (Å²) in [4.78, 5) is 10.4. The van der Waals surface area contributed by atoms with E-state index in [1.807, 2.05) is 0 Å². The van der Waals surface area contributed by atoms with Crippen LogP contribution in [0, 0.1) is 39.5 Å². The molecule has 0 atom stereocenters. The molecule has 2 nitrogen and oxygen atoms in total.